The number of nitrogens with one attached hydrogen (secondary N) is 1. The van der Waals surface area contributed by atoms with Crippen LogP contribution in [0.15, 0.2) is 16.7 Å². The minimum Gasteiger partial charge on any atom is -0.373 e. The summed E-state index contributed by atoms with van der Waals surface area (Å²) in [6, 6.07) is 1.84. The van der Waals surface area contributed by atoms with Crippen LogP contribution in [-0.4, -0.2) is 26.2 Å². The van der Waals surface area contributed by atoms with Gasteiger partial charge in [0.1, 0.15) is 5.82 Å². The van der Waals surface area contributed by atoms with E-state index in [0.29, 0.717) is 12.2 Å². The van der Waals surface area contributed by atoms with Crippen molar-refractivity contribution in [1.29, 1.82) is 0 Å². The lowest BCUT2D eigenvalue weighted by Gasteiger charge is -2.14. The monoisotopic (exact) mass is 304 g/mol. The van der Waals surface area contributed by atoms with Crippen LogP contribution in [0.3, 0.4) is 0 Å². The van der Waals surface area contributed by atoms with Crippen LogP contribution in [0.25, 0.3) is 0 Å². The zero-order valence-electron chi connectivity index (χ0n) is 8.90. The molecule has 0 aromatic carbocycles. The molecule has 1 aliphatic rings. The standard InChI is InChI=1S/C10H13BrN2O2S/c1-12-10-8(5-7(11)6-13-10)9-3-2-4-16(9,14)15/h5-6,9H,2-4H2,1H3,(H,12,13). The average molecular weight is 305 g/mol. The molecule has 0 amide bonds. The van der Waals surface area contributed by atoms with E-state index in [1.807, 2.05) is 6.07 Å². The Balaban J connectivity index is 2.50. The lowest BCUT2D eigenvalue weighted by molar-refractivity contribution is 0.592. The van der Waals surface area contributed by atoms with E-state index in [0.717, 1.165) is 16.5 Å². The Bertz CT molecular complexity index is 502. The fourth-order valence-corrected chi connectivity index (χ4v) is 4.34. The van der Waals surface area contributed by atoms with Crippen LogP contribution in [0.1, 0.15) is 23.7 Å². The number of pyridine rings is 1. The van der Waals surface area contributed by atoms with Gasteiger partial charge in [-0.15, -0.1) is 0 Å². The van der Waals surface area contributed by atoms with E-state index in [-0.39, 0.29) is 5.75 Å². The van der Waals surface area contributed by atoms with Gasteiger partial charge >= 0.3 is 0 Å². The predicted octanol–water partition coefficient (Wildman–Crippen LogP) is 2.14. The van der Waals surface area contributed by atoms with E-state index in [9.17, 15) is 8.42 Å². The van der Waals surface area contributed by atoms with Crippen molar-refractivity contribution in [1.82, 2.24) is 4.98 Å². The highest BCUT2D eigenvalue weighted by atomic mass is 79.9. The van der Waals surface area contributed by atoms with Gasteiger partial charge in [-0.2, -0.15) is 0 Å². The minimum absolute atomic E-state index is 0.285. The van der Waals surface area contributed by atoms with Crippen molar-refractivity contribution < 1.29 is 8.42 Å². The molecule has 0 spiro atoms. The molecule has 1 saturated heterocycles. The minimum atomic E-state index is -2.99. The summed E-state index contributed by atoms with van der Waals surface area (Å²) in [7, 11) is -1.24. The first-order chi connectivity index (χ1) is 7.54. The van der Waals surface area contributed by atoms with Gasteiger partial charge < -0.3 is 5.32 Å². The Morgan fingerprint density at radius 2 is 2.31 bits per heavy atom. The number of anilines is 1. The van der Waals surface area contributed by atoms with E-state index >= 15 is 0 Å². The van der Waals surface area contributed by atoms with E-state index in [1.165, 1.54) is 0 Å². The maximum absolute atomic E-state index is 11.9. The number of hydrogen-bond donors (Lipinski definition) is 1. The third-order valence-electron chi connectivity index (χ3n) is 2.80. The summed E-state index contributed by atoms with van der Waals surface area (Å²) in [6.07, 6.45) is 3.09. The van der Waals surface area contributed by atoms with Crippen LogP contribution < -0.4 is 5.32 Å². The molecule has 6 heteroatoms. The molecule has 1 N–H and O–H groups in total. The summed E-state index contributed by atoms with van der Waals surface area (Å²) in [6.45, 7) is 0. The topological polar surface area (TPSA) is 59.1 Å². The molecule has 88 valence electrons. The Morgan fingerprint density at radius 3 is 2.88 bits per heavy atom. The molecule has 4 nitrogen and oxygen atoms in total. The molecular weight excluding hydrogens is 292 g/mol. The summed E-state index contributed by atoms with van der Waals surface area (Å²) in [5, 5.41) is 2.54. The van der Waals surface area contributed by atoms with Crippen molar-refractivity contribution in [3.05, 3.63) is 22.3 Å². The molecule has 1 unspecified atom stereocenters. The lowest BCUT2D eigenvalue weighted by Crippen LogP contribution is -2.11. The van der Waals surface area contributed by atoms with Crippen molar-refractivity contribution in [3.63, 3.8) is 0 Å². The average Bonchev–Trinajstić information content (AvgIpc) is 2.58. The molecule has 0 saturated carbocycles. The SMILES string of the molecule is CNc1ncc(Br)cc1C1CCCS1(=O)=O. The summed E-state index contributed by atoms with van der Waals surface area (Å²) < 4.78 is 24.6. The third-order valence-corrected chi connectivity index (χ3v) is 5.44. The first-order valence-electron chi connectivity index (χ1n) is 5.09. The van der Waals surface area contributed by atoms with Gasteiger partial charge in [0.25, 0.3) is 0 Å². The smallest absolute Gasteiger partial charge is 0.157 e. The number of rotatable bonds is 2. The first kappa shape index (κ1) is 11.9. The Labute approximate surface area is 104 Å². The second-order valence-electron chi connectivity index (χ2n) is 3.84. The Morgan fingerprint density at radius 1 is 1.56 bits per heavy atom. The highest BCUT2D eigenvalue weighted by Gasteiger charge is 2.34. The normalized spacial score (nSPS) is 23.2. The Hall–Kier alpha value is -0.620. The molecular formula is C10H13BrN2O2S. The molecule has 1 fully saturated rings. The van der Waals surface area contributed by atoms with Gasteiger partial charge in [-0.25, -0.2) is 13.4 Å². The van der Waals surface area contributed by atoms with E-state index in [2.05, 4.69) is 26.2 Å². The molecule has 0 radical (unpaired) electrons. The van der Waals surface area contributed by atoms with Crippen molar-refractivity contribution in [3.8, 4) is 0 Å². The zero-order chi connectivity index (χ0) is 11.8. The summed E-state index contributed by atoms with van der Waals surface area (Å²) in [5.41, 5.74) is 0.773. The van der Waals surface area contributed by atoms with Gasteiger partial charge in [-0.1, -0.05) is 0 Å². The fraction of sp³-hybridized carbons (Fsp3) is 0.500. The van der Waals surface area contributed by atoms with Crippen LogP contribution in [0.2, 0.25) is 0 Å². The molecule has 16 heavy (non-hydrogen) atoms. The maximum Gasteiger partial charge on any atom is 0.157 e. The molecule has 0 bridgehead atoms. The van der Waals surface area contributed by atoms with Gasteiger partial charge in [-0.3, -0.25) is 0 Å². The zero-order valence-corrected chi connectivity index (χ0v) is 11.3. The van der Waals surface area contributed by atoms with E-state index in [1.54, 1.807) is 13.2 Å². The highest BCUT2D eigenvalue weighted by Crippen LogP contribution is 2.38. The van der Waals surface area contributed by atoms with Gasteiger partial charge in [0.05, 0.1) is 11.0 Å². The first-order valence-corrected chi connectivity index (χ1v) is 7.60. The summed E-state index contributed by atoms with van der Waals surface area (Å²) in [4.78, 5) is 4.18. The van der Waals surface area contributed by atoms with E-state index in [4.69, 9.17) is 0 Å². The van der Waals surface area contributed by atoms with Crippen molar-refractivity contribution >= 4 is 31.6 Å². The molecule has 1 aromatic rings. The lowest BCUT2D eigenvalue weighted by atomic mass is 10.1. The van der Waals surface area contributed by atoms with E-state index < -0.39 is 15.1 Å². The van der Waals surface area contributed by atoms with Crippen molar-refractivity contribution in [2.75, 3.05) is 18.1 Å². The van der Waals surface area contributed by atoms with Crippen LogP contribution in [0, 0.1) is 0 Å². The number of nitrogens with zero attached hydrogens (tertiary/aromatic N) is 1. The molecule has 1 atom stereocenters. The van der Waals surface area contributed by atoms with Gasteiger partial charge in [0.2, 0.25) is 0 Å². The van der Waals surface area contributed by atoms with Crippen LogP contribution in [0.5, 0.6) is 0 Å². The number of hydrogen-bond acceptors (Lipinski definition) is 4. The fourth-order valence-electron chi connectivity index (χ4n) is 2.05. The molecule has 2 rings (SSSR count). The third kappa shape index (κ3) is 2.08. The number of halogens is 1. The van der Waals surface area contributed by atoms with Crippen LogP contribution in [0.4, 0.5) is 5.82 Å². The quantitative estimate of drug-likeness (QED) is 0.909. The molecule has 1 aliphatic heterocycles. The van der Waals surface area contributed by atoms with Gasteiger partial charge in [-0.05, 0) is 34.8 Å². The number of aromatic nitrogens is 1. The van der Waals surface area contributed by atoms with Crippen LogP contribution in [-0.2, 0) is 9.84 Å². The Kier molecular flexibility index (Phi) is 3.21. The second-order valence-corrected chi connectivity index (χ2v) is 7.06. The second kappa shape index (κ2) is 4.33. The molecule has 1 aromatic heterocycles. The molecule has 2 heterocycles. The van der Waals surface area contributed by atoms with Gasteiger partial charge in [0, 0.05) is 23.3 Å². The van der Waals surface area contributed by atoms with Crippen LogP contribution >= 0.6 is 15.9 Å². The predicted molar refractivity (Wildman–Crippen MR) is 67.2 cm³/mol. The maximum atomic E-state index is 11.9. The van der Waals surface area contributed by atoms with Crippen molar-refractivity contribution in [2.24, 2.45) is 0 Å². The highest BCUT2D eigenvalue weighted by molar-refractivity contribution is 9.10. The largest absolute Gasteiger partial charge is 0.373 e. The molecule has 0 aliphatic carbocycles. The van der Waals surface area contributed by atoms with Gasteiger partial charge in [0.15, 0.2) is 9.84 Å². The van der Waals surface area contributed by atoms with Crippen molar-refractivity contribution in [2.45, 2.75) is 18.1 Å². The summed E-state index contributed by atoms with van der Waals surface area (Å²) >= 11 is 3.33. The number of sulfone groups is 1. The summed E-state index contributed by atoms with van der Waals surface area (Å²) in [5.74, 6) is 0.937.